The minimum atomic E-state index is -1.40. The molecule has 2 unspecified atom stereocenters. The molecule has 0 saturated carbocycles. The van der Waals surface area contributed by atoms with E-state index < -0.39 is 34.3 Å². The number of nitrogens with one attached hydrogen (secondary N) is 1. The molecule has 1 aliphatic rings. The molecule has 4 nitrogen and oxygen atoms in total. The number of halogens is 3. The molecule has 0 aliphatic carbocycles. The highest BCUT2D eigenvalue weighted by Crippen LogP contribution is 2.42. The Kier molecular flexibility index (Phi) is 6.91. The smallest absolute Gasteiger partial charge is 0.193 e. The van der Waals surface area contributed by atoms with Crippen LogP contribution in [0.4, 0.5) is 4.39 Å². The Morgan fingerprint density at radius 3 is 2.63 bits per heavy atom. The van der Waals surface area contributed by atoms with Gasteiger partial charge in [0, 0.05) is 11.4 Å². The molecular formula is C18H20BrClFNO3S2. The Morgan fingerprint density at radius 1 is 1.33 bits per heavy atom. The molecule has 2 atom stereocenters. The minimum absolute atomic E-state index is 0.315. The summed E-state index contributed by atoms with van der Waals surface area (Å²) < 4.78 is 41.9. The van der Waals surface area contributed by atoms with E-state index in [0.29, 0.717) is 27.6 Å². The van der Waals surface area contributed by atoms with Crippen molar-refractivity contribution in [2.24, 2.45) is 0 Å². The average molecular weight is 497 g/mol. The number of rotatable bonds is 5. The van der Waals surface area contributed by atoms with Gasteiger partial charge < -0.3 is 14.0 Å². The van der Waals surface area contributed by atoms with Gasteiger partial charge in [-0.15, -0.1) is 16.1 Å². The fourth-order valence-electron chi connectivity index (χ4n) is 2.63. The summed E-state index contributed by atoms with van der Waals surface area (Å²) in [6.07, 6.45) is -0.530. The SMILES string of the molecule is CC(C)(C)[S+]([O-])NC(c1cc(Cl)sc1C1OCCO1)c1cccc(F)c1Br. The summed E-state index contributed by atoms with van der Waals surface area (Å²) in [6, 6.07) is 6.02. The van der Waals surface area contributed by atoms with Gasteiger partial charge in [0.1, 0.15) is 16.6 Å². The van der Waals surface area contributed by atoms with Crippen molar-refractivity contribution < 1.29 is 18.4 Å². The maximum atomic E-state index is 14.2. The summed E-state index contributed by atoms with van der Waals surface area (Å²) >= 11 is 9.57. The third-order valence-corrected chi connectivity index (χ3v) is 7.68. The van der Waals surface area contributed by atoms with Crippen LogP contribution in [0.15, 0.2) is 28.7 Å². The number of benzene rings is 1. The Balaban J connectivity index is 2.09. The van der Waals surface area contributed by atoms with E-state index in [0.717, 1.165) is 10.4 Å². The van der Waals surface area contributed by atoms with Crippen molar-refractivity contribution in [2.45, 2.75) is 37.9 Å². The molecule has 0 bridgehead atoms. The first-order chi connectivity index (χ1) is 12.7. The lowest BCUT2D eigenvalue weighted by molar-refractivity contribution is -0.0420. The molecule has 3 rings (SSSR count). The summed E-state index contributed by atoms with van der Waals surface area (Å²) in [5, 5.41) is 0. The van der Waals surface area contributed by atoms with Gasteiger partial charge in [0.05, 0.1) is 26.9 Å². The summed E-state index contributed by atoms with van der Waals surface area (Å²) in [4.78, 5) is 0.789. The fourth-order valence-corrected chi connectivity index (χ4v) is 5.23. The molecule has 0 spiro atoms. The summed E-state index contributed by atoms with van der Waals surface area (Å²) in [7, 11) is 0. The third-order valence-electron chi connectivity index (χ3n) is 3.98. The monoisotopic (exact) mass is 495 g/mol. The summed E-state index contributed by atoms with van der Waals surface area (Å²) in [6.45, 7) is 6.61. The van der Waals surface area contributed by atoms with Crippen LogP contribution < -0.4 is 4.72 Å². The number of ether oxygens (including phenoxy) is 2. The first kappa shape index (κ1) is 21.5. The zero-order valence-corrected chi connectivity index (χ0v) is 19.0. The van der Waals surface area contributed by atoms with Crippen molar-refractivity contribution in [1.29, 1.82) is 0 Å². The lowest BCUT2D eigenvalue weighted by atomic mass is 10.00. The molecule has 1 aromatic heterocycles. The highest BCUT2D eigenvalue weighted by atomic mass is 79.9. The maximum Gasteiger partial charge on any atom is 0.193 e. The first-order valence-electron chi connectivity index (χ1n) is 8.32. The van der Waals surface area contributed by atoms with Gasteiger partial charge in [-0.05, 0) is 60.0 Å². The normalized spacial score (nSPS) is 18.0. The van der Waals surface area contributed by atoms with Gasteiger partial charge in [-0.25, -0.2) is 4.39 Å². The zero-order valence-electron chi connectivity index (χ0n) is 15.1. The highest BCUT2D eigenvalue weighted by Gasteiger charge is 2.35. The third kappa shape index (κ3) is 4.87. The first-order valence-corrected chi connectivity index (χ1v) is 11.5. The van der Waals surface area contributed by atoms with Gasteiger partial charge >= 0.3 is 0 Å². The predicted octanol–water partition coefficient (Wildman–Crippen LogP) is 5.49. The molecule has 9 heteroatoms. The van der Waals surface area contributed by atoms with E-state index in [-0.39, 0.29) is 0 Å². The van der Waals surface area contributed by atoms with E-state index in [2.05, 4.69) is 20.7 Å². The molecule has 1 aromatic carbocycles. The number of hydrogen-bond donors (Lipinski definition) is 1. The van der Waals surface area contributed by atoms with Crippen molar-refractivity contribution in [3.05, 3.63) is 54.9 Å². The Hall–Kier alpha value is -0.190. The molecule has 0 amide bonds. The molecule has 1 fully saturated rings. The van der Waals surface area contributed by atoms with E-state index in [1.54, 1.807) is 18.2 Å². The molecule has 1 saturated heterocycles. The van der Waals surface area contributed by atoms with Crippen LogP contribution in [0.5, 0.6) is 0 Å². The van der Waals surface area contributed by atoms with Crippen LogP contribution in [-0.2, 0) is 20.8 Å². The van der Waals surface area contributed by atoms with Gasteiger partial charge in [-0.3, -0.25) is 0 Å². The van der Waals surface area contributed by atoms with Crippen LogP contribution in [0, 0.1) is 5.82 Å². The van der Waals surface area contributed by atoms with Crippen LogP contribution in [0.25, 0.3) is 0 Å². The van der Waals surface area contributed by atoms with E-state index >= 15 is 0 Å². The van der Waals surface area contributed by atoms with E-state index in [4.69, 9.17) is 21.1 Å². The molecule has 2 heterocycles. The van der Waals surface area contributed by atoms with E-state index in [1.165, 1.54) is 17.4 Å². The van der Waals surface area contributed by atoms with Gasteiger partial charge in [-0.1, -0.05) is 23.7 Å². The second kappa shape index (κ2) is 8.67. The van der Waals surface area contributed by atoms with Crippen LogP contribution in [0.2, 0.25) is 4.34 Å². The molecule has 1 N–H and O–H groups in total. The van der Waals surface area contributed by atoms with Gasteiger partial charge in [0.25, 0.3) is 0 Å². The summed E-state index contributed by atoms with van der Waals surface area (Å²) in [5.41, 5.74) is 1.39. The standard InChI is InChI=1S/C18H20BrClFNO3S2/c1-18(2,3)27(23)22-15(10-5-4-6-12(21)14(10)19)11-9-13(20)26-16(11)17-24-7-8-25-17/h4-6,9,15,17,22H,7-8H2,1-3H3. The van der Waals surface area contributed by atoms with Crippen molar-refractivity contribution in [2.75, 3.05) is 13.2 Å². The largest absolute Gasteiger partial charge is 0.598 e. The van der Waals surface area contributed by atoms with Crippen LogP contribution in [0.1, 0.15) is 49.1 Å². The van der Waals surface area contributed by atoms with E-state index in [9.17, 15) is 8.94 Å². The molecule has 148 valence electrons. The Labute approximate surface area is 178 Å². The van der Waals surface area contributed by atoms with Gasteiger partial charge in [0.15, 0.2) is 6.29 Å². The van der Waals surface area contributed by atoms with Crippen molar-refractivity contribution in [3.8, 4) is 0 Å². The van der Waals surface area contributed by atoms with Crippen molar-refractivity contribution >= 4 is 50.2 Å². The number of thiophene rings is 1. The zero-order chi connectivity index (χ0) is 19.8. The van der Waals surface area contributed by atoms with Gasteiger partial charge in [0.2, 0.25) is 0 Å². The molecular weight excluding hydrogens is 477 g/mol. The number of hydrogen-bond acceptors (Lipinski definition) is 5. The molecule has 2 aromatic rings. The van der Waals surface area contributed by atoms with Crippen LogP contribution in [0.3, 0.4) is 0 Å². The summed E-state index contributed by atoms with van der Waals surface area (Å²) in [5.74, 6) is -0.392. The average Bonchev–Trinajstić information content (AvgIpc) is 3.23. The predicted molar refractivity (Wildman–Crippen MR) is 111 cm³/mol. The minimum Gasteiger partial charge on any atom is -0.598 e. The Bertz CT molecular complexity index is 808. The van der Waals surface area contributed by atoms with Crippen LogP contribution in [-0.4, -0.2) is 22.5 Å². The Morgan fingerprint density at radius 2 is 2.00 bits per heavy atom. The molecule has 1 aliphatic heterocycles. The second-order valence-corrected chi connectivity index (χ2v) is 11.5. The van der Waals surface area contributed by atoms with Gasteiger partial charge in [-0.2, -0.15) is 0 Å². The lowest BCUT2D eigenvalue weighted by Crippen LogP contribution is -2.41. The highest BCUT2D eigenvalue weighted by molar-refractivity contribution is 9.10. The van der Waals surface area contributed by atoms with Crippen LogP contribution >= 0.6 is 38.9 Å². The topological polar surface area (TPSA) is 53.5 Å². The molecule has 0 radical (unpaired) electrons. The van der Waals surface area contributed by atoms with Crippen molar-refractivity contribution in [3.63, 3.8) is 0 Å². The lowest BCUT2D eigenvalue weighted by Gasteiger charge is -2.29. The quantitative estimate of drug-likeness (QED) is 0.556. The molecule has 27 heavy (non-hydrogen) atoms. The maximum absolute atomic E-state index is 14.2. The fraction of sp³-hybridized carbons (Fsp3) is 0.444. The van der Waals surface area contributed by atoms with E-state index in [1.807, 2.05) is 20.8 Å². The second-order valence-electron chi connectivity index (χ2n) is 7.02. The van der Waals surface area contributed by atoms with Crippen molar-refractivity contribution in [1.82, 2.24) is 4.72 Å².